The van der Waals surface area contributed by atoms with Crippen LogP contribution in [0.2, 0.25) is 0 Å². The van der Waals surface area contributed by atoms with Crippen LogP contribution in [0.1, 0.15) is 24.1 Å². The molecule has 0 bridgehead atoms. The average molecular weight is 275 g/mol. The molecule has 1 saturated carbocycles. The maximum atomic E-state index is 12.9. The molecule has 3 N–H and O–H groups in total. The van der Waals surface area contributed by atoms with Gasteiger partial charge < -0.3 is 11.1 Å². The van der Waals surface area contributed by atoms with Gasteiger partial charge in [0, 0.05) is 5.69 Å². The molecule has 7 heteroatoms. The quantitative estimate of drug-likeness (QED) is 0.832. The van der Waals surface area contributed by atoms with Crippen molar-refractivity contribution in [2.24, 2.45) is 5.73 Å². The van der Waals surface area contributed by atoms with Crippen molar-refractivity contribution in [1.82, 2.24) is 4.98 Å². The van der Waals surface area contributed by atoms with Crippen LogP contribution >= 0.6 is 12.2 Å². The van der Waals surface area contributed by atoms with Crippen LogP contribution in [0.3, 0.4) is 0 Å². The summed E-state index contributed by atoms with van der Waals surface area (Å²) in [5.41, 5.74) is 4.56. The van der Waals surface area contributed by atoms with Crippen LogP contribution < -0.4 is 11.1 Å². The van der Waals surface area contributed by atoms with Crippen LogP contribution in [0.15, 0.2) is 12.1 Å². The van der Waals surface area contributed by atoms with E-state index in [-0.39, 0.29) is 23.6 Å². The second kappa shape index (κ2) is 4.08. The fourth-order valence-electron chi connectivity index (χ4n) is 1.68. The van der Waals surface area contributed by atoms with E-state index in [0.29, 0.717) is 11.3 Å². The molecule has 0 amide bonds. The van der Waals surface area contributed by atoms with Gasteiger partial charge in [0.25, 0.3) is 0 Å². The summed E-state index contributed by atoms with van der Waals surface area (Å²) in [6.45, 7) is 1.70. The number of aromatic nitrogens is 1. The number of nitrogens with zero attached hydrogens (tertiary/aromatic N) is 1. The van der Waals surface area contributed by atoms with Crippen LogP contribution in [0.5, 0.6) is 0 Å². The number of rotatable bonds is 3. The van der Waals surface area contributed by atoms with Gasteiger partial charge in [-0.1, -0.05) is 12.2 Å². The number of thiocarbonyl (C=S) groups is 1. The van der Waals surface area contributed by atoms with Crippen LogP contribution in [0.4, 0.5) is 19.0 Å². The molecule has 0 unspecified atom stereocenters. The second-order valence-electron chi connectivity index (χ2n) is 4.42. The summed E-state index contributed by atoms with van der Waals surface area (Å²) < 4.78 is 38.6. The van der Waals surface area contributed by atoms with Crippen molar-refractivity contribution in [3.63, 3.8) is 0 Å². The minimum Gasteiger partial charge on any atom is -0.389 e. The summed E-state index contributed by atoms with van der Waals surface area (Å²) in [7, 11) is 0. The third-order valence-electron chi connectivity index (χ3n) is 2.95. The summed E-state index contributed by atoms with van der Waals surface area (Å²) in [5.74, 6) is 0.109. The average Bonchev–Trinajstić information content (AvgIpc) is 2.97. The van der Waals surface area contributed by atoms with E-state index in [1.54, 1.807) is 19.1 Å². The zero-order valence-corrected chi connectivity index (χ0v) is 10.5. The number of hydrogen-bond donors (Lipinski definition) is 2. The second-order valence-corrected chi connectivity index (χ2v) is 4.86. The Hall–Kier alpha value is -1.37. The van der Waals surface area contributed by atoms with Crippen LogP contribution in [-0.2, 0) is 0 Å². The smallest absolute Gasteiger partial charge is 0.389 e. The van der Waals surface area contributed by atoms with Crippen molar-refractivity contribution in [1.29, 1.82) is 0 Å². The first-order chi connectivity index (χ1) is 8.25. The molecule has 0 spiro atoms. The number of halogens is 3. The van der Waals surface area contributed by atoms with E-state index in [2.05, 4.69) is 10.3 Å². The summed E-state index contributed by atoms with van der Waals surface area (Å²) in [6, 6.07) is 3.24. The van der Waals surface area contributed by atoms with Crippen LogP contribution in [0, 0.1) is 6.92 Å². The fraction of sp³-hybridized carbons (Fsp3) is 0.455. The van der Waals surface area contributed by atoms with Gasteiger partial charge in [-0.25, -0.2) is 4.98 Å². The summed E-state index contributed by atoms with van der Waals surface area (Å²) in [5, 5.41) is 2.46. The Labute approximate surface area is 108 Å². The first kappa shape index (κ1) is 13.1. The van der Waals surface area contributed by atoms with Crippen molar-refractivity contribution in [2.75, 3.05) is 5.32 Å². The normalized spacial score (nSPS) is 17.3. The molecule has 1 fully saturated rings. The lowest BCUT2D eigenvalue weighted by atomic mass is 10.2. The van der Waals surface area contributed by atoms with E-state index in [1.165, 1.54) is 0 Å². The summed E-state index contributed by atoms with van der Waals surface area (Å²) in [6.07, 6.45) is -4.21. The molecular formula is C11H12F3N3S. The Balaban J connectivity index is 2.35. The van der Waals surface area contributed by atoms with E-state index in [0.717, 1.165) is 0 Å². The lowest BCUT2D eigenvalue weighted by molar-refractivity contribution is -0.151. The summed E-state index contributed by atoms with van der Waals surface area (Å²) in [4.78, 5) is 4.08. The van der Waals surface area contributed by atoms with Gasteiger partial charge in [0.05, 0.1) is 5.56 Å². The predicted molar refractivity (Wildman–Crippen MR) is 66.5 cm³/mol. The van der Waals surface area contributed by atoms with Crippen LogP contribution in [-0.4, -0.2) is 21.7 Å². The van der Waals surface area contributed by atoms with Crippen molar-refractivity contribution in [2.45, 2.75) is 31.5 Å². The van der Waals surface area contributed by atoms with Gasteiger partial charge in [0.15, 0.2) is 0 Å². The van der Waals surface area contributed by atoms with Gasteiger partial charge in [-0.3, -0.25) is 0 Å². The Kier molecular flexibility index (Phi) is 2.96. The SMILES string of the molecule is Cc1ccc(C(N)=S)c(NC2(C(F)(F)F)CC2)n1. The Morgan fingerprint density at radius 1 is 1.44 bits per heavy atom. The van der Waals surface area contributed by atoms with Crippen molar-refractivity contribution in [3.05, 3.63) is 23.4 Å². The predicted octanol–water partition coefficient (Wildman–Crippen LogP) is 2.53. The Morgan fingerprint density at radius 2 is 2.06 bits per heavy atom. The van der Waals surface area contributed by atoms with E-state index in [4.69, 9.17) is 18.0 Å². The lowest BCUT2D eigenvalue weighted by Crippen LogP contribution is -2.39. The molecule has 2 rings (SSSR count). The maximum Gasteiger partial charge on any atom is 0.411 e. The van der Waals surface area contributed by atoms with E-state index in [1.807, 2.05) is 0 Å². The van der Waals surface area contributed by atoms with Crippen molar-refractivity contribution in [3.8, 4) is 0 Å². The van der Waals surface area contributed by atoms with Crippen molar-refractivity contribution < 1.29 is 13.2 Å². The molecule has 98 valence electrons. The molecule has 3 nitrogen and oxygen atoms in total. The van der Waals surface area contributed by atoms with Crippen molar-refractivity contribution >= 4 is 23.0 Å². The lowest BCUT2D eigenvalue weighted by Gasteiger charge is -2.22. The largest absolute Gasteiger partial charge is 0.411 e. The van der Waals surface area contributed by atoms with Crippen LogP contribution in [0.25, 0.3) is 0 Å². The third kappa shape index (κ3) is 2.27. The standard InChI is InChI=1S/C11H12F3N3S/c1-6-2-3-7(8(15)18)9(16-6)17-10(4-5-10)11(12,13)14/h2-3H,4-5H2,1H3,(H2,15,18)(H,16,17). The molecule has 1 aliphatic carbocycles. The molecular weight excluding hydrogens is 263 g/mol. The van der Waals surface area contributed by atoms with Gasteiger partial charge in [0.1, 0.15) is 16.3 Å². The number of nitrogens with one attached hydrogen (secondary N) is 1. The minimum absolute atomic E-state index is 0.0305. The highest BCUT2D eigenvalue weighted by Crippen LogP contribution is 2.51. The number of hydrogen-bond acceptors (Lipinski definition) is 3. The van der Waals surface area contributed by atoms with Gasteiger partial charge >= 0.3 is 6.18 Å². The fourth-order valence-corrected chi connectivity index (χ4v) is 1.85. The number of pyridine rings is 1. The number of alkyl halides is 3. The van der Waals surface area contributed by atoms with Gasteiger partial charge in [-0.2, -0.15) is 13.2 Å². The zero-order valence-electron chi connectivity index (χ0n) is 9.64. The topological polar surface area (TPSA) is 50.9 Å². The molecule has 18 heavy (non-hydrogen) atoms. The number of nitrogens with two attached hydrogens (primary N) is 1. The molecule has 1 aliphatic rings. The molecule has 0 atom stereocenters. The van der Waals surface area contributed by atoms with E-state index in [9.17, 15) is 13.2 Å². The molecule has 0 aliphatic heterocycles. The Morgan fingerprint density at radius 3 is 2.50 bits per heavy atom. The Bertz CT molecular complexity index is 495. The highest BCUT2D eigenvalue weighted by Gasteiger charge is 2.63. The summed E-state index contributed by atoms with van der Waals surface area (Å²) >= 11 is 4.81. The van der Waals surface area contributed by atoms with Gasteiger partial charge in [-0.05, 0) is 31.9 Å². The van der Waals surface area contributed by atoms with E-state index < -0.39 is 11.7 Å². The molecule has 0 saturated heterocycles. The third-order valence-corrected chi connectivity index (χ3v) is 3.17. The van der Waals surface area contributed by atoms with E-state index >= 15 is 0 Å². The highest BCUT2D eigenvalue weighted by atomic mass is 32.1. The minimum atomic E-state index is -4.30. The molecule has 1 aromatic heterocycles. The first-order valence-electron chi connectivity index (χ1n) is 5.37. The number of aryl methyl sites for hydroxylation is 1. The van der Waals surface area contributed by atoms with Gasteiger partial charge in [0.2, 0.25) is 0 Å². The molecule has 0 radical (unpaired) electrons. The molecule has 1 heterocycles. The highest BCUT2D eigenvalue weighted by molar-refractivity contribution is 7.80. The molecule has 0 aromatic carbocycles. The zero-order chi connectivity index (χ0) is 13.6. The van der Waals surface area contributed by atoms with Gasteiger partial charge in [-0.15, -0.1) is 0 Å². The first-order valence-corrected chi connectivity index (χ1v) is 5.78. The maximum absolute atomic E-state index is 12.9. The monoisotopic (exact) mass is 275 g/mol. The molecule has 1 aromatic rings. The number of anilines is 1.